The van der Waals surface area contributed by atoms with Crippen LogP contribution in [0.3, 0.4) is 0 Å². The molecule has 0 atom stereocenters. The van der Waals surface area contributed by atoms with E-state index in [1.165, 1.54) is 21.9 Å². The summed E-state index contributed by atoms with van der Waals surface area (Å²) in [5, 5.41) is 4.59. The Bertz CT molecular complexity index is 2960. The number of hydrogen-bond donors (Lipinski definition) is 0. The molecule has 0 amide bonds. The zero-order valence-corrected chi connectivity index (χ0v) is 29.3. The van der Waals surface area contributed by atoms with Gasteiger partial charge in [-0.3, -0.25) is 9.97 Å². The largest absolute Gasteiger partial charge is 0.255 e. The van der Waals surface area contributed by atoms with Crippen LogP contribution in [-0.4, -0.2) is 19.9 Å². The number of hydrogen-bond acceptors (Lipinski definition) is 4. The Morgan fingerprint density at radius 2 is 0.889 bits per heavy atom. The van der Waals surface area contributed by atoms with Gasteiger partial charge in [0.25, 0.3) is 0 Å². The van der Waals surface area contributed by atoms with Crippen molar-refractivity contribution in [3.8, 4) is 67.3 Å². The quantitative estimate of drug-likeness (QED) is 0.174. The topological polar surface area (TPSA) is 51.6 Å². The van der Waals surface area contributed by atoms with Crippen molar-refractivity contribution in [1.82, 2.24) is 19.9 Å². The Morgan fingerprint density at radius 3 is 1.63 bits per heavy atom. The molecular formula is C50H32N4. The Hall–Kier alpha value is -7.30. The van der Waals surface area contributed by atoms with Crippen molar-refractivity contribution < 1.29 is 0 Å². The van der Waals surface area contributed by atoms with Gasteiger partial charge in [0.2, 0.25) is 0 Å². The lowest BCUT2D eigenvalue weighted by Gasteiger charge is -2.15. The second-order valence-corrected chi connectivity index (χ2v) is 13.5. The molecule has 4 nitrogen and oxygen atoms in total. The second-order valence-electron chi connectivity index (χ2n) is 13.5. The average molecular weight is 689 g/mol. The van der Waals surface area contributed by atoms with Crippen LogP contribution in [0.1, 0.15) is 0 Å². The highest BCUT2D eigenvalue weighted by atomic mass is 14.8. The Kier molecular flexibility index (Phi) is 7.77. The lowest BCUT2D eigenvalue weighted by atomic mass is 9.89. The molecule has 6 aromatic carbocycles. The number of pyridine rings is 4. The van der Waals surface area contributed by atoms with Crippen LogP contribution < -0.4 is 0 Å². The fourth-order valence-corrected chi connectivity index (χ4v) is 7.52. The molecule has 0 aliphatic heterocycles. The van der Waals surface area contributed by atoms with E-state index in [0.717, 1.165) is 78.0 Å². The van der Waals surface area contributed by atoms with E-state index >= 15 is 0 Å². The summed E-state index contributed by atoms with van der Waals surface area (Å²) in [4.78, 5) is 19.3. The van der Waals surface area contributed by atoms with Crippen molar-refractivity contribution in [2.75, 3.05) is 0 Å². The first-order chi connectivity index (χ1) is 26.7. The maximum absolute atomic E-state index is 5.07. The minimum atomic E-state index is 0.860. The molecule has 4 heterocycles. The van der Waals surface area contributed by atoms with Crippen molar-refractivity contribution in [3.05, 3.63) is 194 Å². The maximum atomic E-state index is 5.07. The van der Waals surface area contributed by atoms with Gasteiger partial charge in [-0.05, 0) is 128 Å². The third-order valence-electron chi connectivity index (χ3n) is 10.2. The summed E-state index contributed by atoms with van der Waals surface area (Å²) in [6.45, 7) is 0. The van der Waals surface area contributed by atoms with E-state index in [1.807, 2.05) is 48.8 Å². The minimum Gasteiger partial charge on any atom is -0.255 e. The van der Waals surface area contributed by atoms with Crippen LogP contribution >= 0.6 is 0 Å². The minimum absolute atomic E-state index is 0.860. The highest BCUT2D eigenvalue weighted by Crippen LogP contribution is 2.40. The molecule has 4 heteroatoms. The first-order valence-corrected chi connectivity index (χ1v) is 18.1. The van der Waals surface area contributed by atoms with Crippen LogP contribution in [0.15, 0.2) is 194 Å². The summed E-state index contributed by atoms with van der Waals surface area (Å²) in [7, 11) is 0. The molecule has 0 N–H and O–H groups in total. The van der Waals surface area contributed by atoms with E-state index in [0.29, 0.717) is 0 Å². The van der Waals surface area contributed by atoms with Crippen LogP contribution in [0.25, 0.3) is 99.9 Å². The molecule has 0 aliphatic carbocycles. The molecule has 10 rings (SSSR count). The standard InChI is InChI=1S/C50H32N4/c1-3-11-34(12-4-1)42-32-49(47-16-8-10-28-52-47)54-45-24-21-37(31-43(42)45)36-19-17-33-18-20-38(30-39(33)29-36)40-22-25-44-41(50(40)35-13-5-2-6-14-35)23-26-48(53-44)46-15-7-9-27-51-46/h1-32H. The zero-order chi connectivity index (χ0) is 35.8. The smallest absolute Gasteiger partial charge is 0.0900 e. The average Bonchev–Trinajstić information content (AvgIpc) is 3.26. The molecule has 0 fully saturated rings. The van der Waals surface area contributed by atoms with E-state index in [9.17, 15) is 0 Å². The first kappa shape index (κ1) is 31.4. The monoisotopic (exact) mass is 688 g/mol. The molecule has 0 radical (unpaired) electrons. The molecule has 0 saturated heterocycles. The van der Waals surface area contributed by atoms with Crippen molar-refractivity contribution in [3.63, 3.8) is 0 Å². The number of fused-ring (bicyclic) bond motifs is 3. The van der Waals surface area contributed by atoms with Gasteiger partial charge in [0.1, 0.15) is 0 Å². The molecule has 0 bridgehead atoms. The third kappa shape index (κ3) is 5.76. The van der Waals surface area contributed by atoms with Gasteiger partial charge in [-0.15, -0.1) is 0 Å². The van der Waals surface area contributed by atoms with Gasteiger partial charge in [-0.25, -0.2) is 9.97 Å². The summed E-state index contributed by atoms with van der Waals surface area (Å²) in [5.41, 5.74) is 14.6. The number of nitrogens with zero attached hydrogens (tertiary/aromatic N) is 4. The molecule has 54 heavy (non-hydrogen) atoms. The normalized spacial score (nSPS) is 11.3. The summed E-state index contributed by atoms with van der Waals surface area (Å²) in [6, 6.07) is 64.0. The lowest BCUT2D eigenvalue weighted by molar-refractivity contribution is 1.28. The van der Waals surface area contributed by atoms with Gasteiger partial charge in [0.15, 0.2) is 0 Å². The molecule has 0 spiro atoms. The van der Waals surface area contributed by atoms with Gasteiger partial charge in [-0.2, -0.15) is 0 Å². The predicted octanol–water partition coefficient (Wildman–Crippen LogP) is 12.7. The number of aromatic nitrogens is 4. The summed E-state index contributed by atoms with van der Waals surface area (Å²) < 4.78 is 0. The predicted molar refractivity (Wildman–Crippen MR) is 223 cm³/mol. The summed E-state index contributed by atoms with van der Waals surface area (Å²) in [6.07, 6.45) is 3.63. The third-order valence-corrected chi connectivity index (χ3v) is 10.2. The van der Waals surface area contributed by atoms with Crippen LogP contribution in [0.2, 0.25) is 0 Å². The molecule has 10 aromatic rings. The molecule has 0 aliphatic rings. The molecular weight excluding hydrogens is 657 g/mol. The molecule has 252 valence electrons. The Balaban J connectivity index is 1.09. The van der Waals surface area contributed by atoms with Crippen molar-refractivity contribution in [2.45, 2.75) is 0 Å². The van der Waals surface area contributed by atoms with E-state index in [1.54, 1.807) is 0 Å². The molecule has 0 saturated carbocycles. The van der Waals surface area contributed by atoms with Crippen LogP contribution in [0.4, 0.5) is 0 Å². The van der Waals surface area contributed by atoms with E-state index in [-0.39, 0.29) is 0 Å². The first-order valence-electron chi connectivity index (χ1n) is 18.1. The maximum Gasteiger partial charge on any atom is 0.0900 e. The van der Waals surface area contributed by atoms with E-state index in [2.05, 4.69) is 156 Å². The number of rotatable bonds is 6. The van der Waals surface area contributed by atoms with Crippen LogP contribution in [0, 0.1) is 0 Å². The Morgan fingerprint density at radius 1 is 0.296 bits per heavy atom. The lowest BCUT2D eigenvalue weighted by Crippen LogP contribution is -1.93. The van der Waals surface area contributed by atoms with Gasteiger partial charge in [0, 0.05) is 23.2 Å². The van der Waals surface area contributed by atoms with Gasteiger partial charge < -0.3 is 0 Å². The fraction of sp³-hybridized carbons (Fsp3) is 0. The highest BCUT2D eigenvalue weighted by Gasteiger charge is 2.16. The van der Waals surface area contributed by atoms with Gasteiger partial charge in [-0.1, -0.05) is 109 Å². The van der Waals surface area contributed by atoms with E-state index in [4.69, 9.17) is 9.97 Å². The summed E-state index contributed by atoms with van der Waals surface area (Å²) >= 11 is 0. The van der Waals surface area contributed by atoms with Crippen molar-refractivity contribution >= 4 is 32.6 Å². The SMILES string of the molecule is c1ccc(-c2cc(-c3ccccn3)nc3ccc(-c4ccc5ccc(-c6ccc7nc(-c8ccccn8)ccc7c6-c6ccccc6)cc5c4)cc23)cc1. The van der Waals surface area contributed by atoms with Crippen molar-refractivity contribution in [1.29, 1.82) is 0 Å². The van der Waals surface area contributed by atoms with Crippen LogP contribution in [0.5, 0.6) is 0 Å². The van der Waals surface area contributed by atoms with Gasteiger partial charge in [0.05, 0.1) is 33.8 Å². The van der Waals surface area contributed by atoms with Crippen LogP contribution in [-0.2, 0) is 0 Å². The Labute approximate surface area is 313 Å². The summed E-state index contributed by atoms with van der Waals surface area (Å²) in [5.74, 6) is 0. The van der Waals surface area contributed by atoms with E-state index < -0.39 is 0 Å². The fourth-order valence-electron chi connectivity index (χ4n) is 7.52. The molecule has 4 aromatic heterocycles. The zero-order valence-electron chi connectivity index (χ0n) is 29.3. The highest BCUT2D eigenvalue weighted by molar-refractivity contribution is 6.05. The van der Waals surface area contributed by atoms with Gasteiger partial charge >= 0.3 is 0 Å². The molecule has 0 unspecified atom stereocenters. The number of benzene rings is 6. The van der Waals surface area contributed by atoms with Crippen molar-refractivity contribution in [2.24, 2.45) is 0 Å². The second kappa shape index (κ2) is 13.4.